The van der Waals surface area contributed by atoms with E-state index < -0.39 is 17.4 Å². The highest BCUT2D eigenvalue weighted by Crippen LogP contribution is 2.32. The van der Waals surface area contributed by atoms with Gasteiger partial charge in [-0.2, -0.15) is 0 Å². The molecule has 0 saturated heterocycles. The lowest BCUT2D eigenvalue weighted by Crippen LogP contribution is -2.59. The van der Waals surface area contributed by atoms with Crippen molar-refractivity contribution >= 4 is 17.8 Å². The molecule has 0 bridgehead atoms. The molecule has 0 radical (unpaired) electrons. The average Bonchev–Trinajstić information content (AvgIpc) is 2.47. The third-order valence-electron chi connectivity index (χ3n) is 4.16. The van der Waals surface area contributed by atoms with Crippen molar-refractivity contribution in [1.82, 2.24) is 10.6 Å². The Bertz CT molecular complexity index is 640. The van der Waals surface area contributed by atoms with Crippen molar-refractivity contribution in [3.8, 4) is 0 Å². The summed E-state index contributed by atoms with van der Waals surface area (Å²) >= 11 is 0. The first-order valence-electron chi connectivity index (χ1n) is 8.07. The average molecular weight is 332 g/mol. The molecule has 3 N–H and O–H groups in total. The minimum absolute atomic E-state index is 0.0105. The van der Waals surface area contributed by atoms with Crippen molar-refractivity contribution in [3.05, 3.63) is 35.4 Å². The van der Waals surface area contributed by atoms with Gasteiger partial charge in [0.05, 0.1) is 0 Å². The van der Waals surface area contributed by atoms with Crippen LogP contribution in [0.25, 0.3) is 0 Å². The first kappa shape index (κ1) is 18.0. The lowest BCUT2D eigenvalue weighted by Gasteiger charge is -2.38. The highest BCUT2D eigenvalue weighted by Gasteiger charge is 2.45. The molecule has 2 amide bonds. The molecule has 2 rings (SSSR count). The second kappa shape index (κ2) is 6.63. The summed E-state index contributed by atoms with van der Waals surface area (Å²) in [6, 6.07) is 6.22. The van der Waals surface area contributed by atoms with E-state index in [4.69, 9.17) is 0 Å². The number of carbonyl (C=O) groups is 3. The van der Waals surface area contributed by atoms with E-state index in [0.717, 1.165) is 6.42 Å². The summed E-state index contributed by atoms with van der Waals surface area (Å²) in [6.45, 7) is 6.63. The Balaban J connectivity index is 2.00. The Morgan fingerprint density at radius 2 is 1.54 bits per heavy atom. The molecule has 1 aliphatic rings. The number of aliphatic carboxylic acids is 1. The Hall–Kier alpha value is -2.37. The van der Waals surface area contributed by atoms with Crippen LogP contribution >= 0.6 is 0 Å². The Morgan fingerprint density at radius 1 is 1.04 bits per heavy atom. The Morgan fingerprint density at radius 3 is 1.92 bits per heavy atom. The second-order valence-electron chi connectivity index (χ2n) is 7.52. The smallest absolute Gasteiger partial charge is 0.329 e. The highest BCUT2D eigenvalue weighted by atomic mass is 16.4. The molecule has 6 heteroatoms. The summed E-state index contributed by atoms with van der Waals surface area (Å²) < 4.78 is 0. The van der Waals surface area contributed by atoms with E-state index in [1.165, 1.54) is 12.1 Å². The maximum Gasteiger partial charge on any atom is 0.329 e. The molecule has 1 aromatic carbocycles. The number of amides is 2. The maximum absolute atomic E-state index is 12.2. The number of carbonyl (C=O) groups excluding carboxylic acids is 2. The standard InChI is InChI=1S/C18H24N2O4/c1-17(2,3)11-19-14(21)12-5-7-13(8-6-12)15(22)20-18(16(23)24)9-4-10-18/h5-8H,4,9-11H2,1-3H3,(H,19,21)(H,20,22)(H,23,24). The van der Waals surface area contributed by atoms with Gasteiger partial charge in [0.1, 0.15) is 5.54 Å². The van der Waals surface area contributed by atoms with E-state index in [1.807, 2.05) is 20.8 Å². The van der Waals surface area contributed by atoms with Crippen LogP contribution in [0.1, 0.15) is 60.7 Å². The van der Waals surface area contributed by atoms with Crippen molar-refractivity contribution in [3.63, 3.8) is 0 Å². The summed E-state index contributed by atoms with van der Waals surface area (Å²) in [6.07, 6.45) is 1.68. The summed E-state index contributed by atoms with van der Waals surface area (Å²) in [7, 11) is 0. The largest absolute Gasteiger partial charge is 0.480 e. The summed E-state index contributed by atoms with van der Waals surface area (Å²) in [5, 5.41) is 14.7. The number of benzene rings is 1. The van der Waals surface area contributed by atoms with E-state index in [0.29, 0.717) is 30.5 Å². The quantitative estimate of drug-likeness (QED) is 0.770. The molecule has 6 nitrogen and oxygen atoms in total. The molecule has 0 aliphatic heterocycles. The minimum Gasteiger partial charge on any atom is -0.480 e. The van der Waals surface area contributed by atoms with E-state index in [2.05, 4.69) is 10.6 Å². The van der Waals surface area contributed by atoms with Crippen molar-refractivity contribution in [1.29, 1.82) is 0 Å². The summed E-state index contributed by atoms with van der Waals surface area (Å²) in [5.41, 5.74) is -0.342. The molecular formula is C18H24N2O4. The van der Waals surface area contributed by atoms with Gasteiger partial charge in [0.25, 0.3) is 11.8 Å². The number of rotatable bonds is 5. The zero-order chi connectivity index (χ0) is 18.0. The molecule has 0 unspecified atom stereocenters. The van der Waals surface area contributed by atoms with Crippen molar-refractivity contribution < 1.29 is 19.5 Å². The fourth-order valence-electron chi connectivity index (χ4n) is 2.43. The Labute approximate surface area is 141 Å². The fourth-order valence-corrected chi connectivity index (χ4v) is 2.43. The summed E-state index contributed by atoms with van der Waals surface area (Å²) in [5.74, 6) is -1.63. The van der Waals surface area contributed by atoms with E-state index >= 15 is 0 Å². The Kier molecular flexibility index (Phi) is 4.96. The lowest BCUT2D eigenvalue weighted by molar-refractivity contribution is -0.148. The van der Waals surface area contributed by atoms with Crippen LogP contribution in [-0.2, 0) is 4.79 Å². The third kappa shape index (κ3) is 4.13. The van der Waals surface area contributed by atoms with Gasteiger partial charge in [-0.3, -0.25) is 9.59 Å². The second-order valence-corrected chi connectivity index (χ2v) is 7.52. The van der Waals surface area contributed by atoms with Gasteiger partial charge in [-0.25, -0.2) is 4.79 Å². The van der Waals surface area contributed by atoms with Crippen LogP contribution in [0, 0.1) is 5.41 Å². The molecular weight excluding hydrogens is 308 g/mol. The molecule has 1 saturated carbocycles. The molecule has 24 heavy (non-hydrogen) atoms. The molecule has 1 aromatic rings. The van der Waals surface area contributed by atoms with Crippen LogP contribution in [0.15, 0.2) is 24.3 Å². The number of carboxylic acids is 1. The van der Waals surface area contributed by atoms with Crippen LogP contribution in [0.4, 0.5) is 0 Å². The van der Waals surface area contributed by atoms with Gasteiger partial charge >= 0.3 is 5.97 Å². The van der Waals surface area contributed by atoms with E-state index in [1.54, 1.807) is 12.1 Å². The van der Waals surface area contributed by atoms with Crippen molar-refractivity contribution in [2.24, 2.45) is 5.41 Å². The van der Waals surface area contributed by atoms with Crippen LogP contribution in [0.5, 0.6) is 0 Å². The van der Waals surface area contributed by atoms with Crippen LogP contribution in [-0.4, -0.2) is 35.0 Å². The van der Waals surface area contributed by atoms with Gasteiger partial charge in [-0.1, -0.05) is 20.8 Å². The predicted molar refractivity (Wildman–Crippen MR) is 89.9 cm³/mol. The normalized spacial score (nSPS) is 16.0. The van der Waals surface area contributed by atoms with Crippen LogP contribution < -0.4 is 10.6 Å². The van der Waals surface area contributed by atoms with Gasteiger partial charge in [-0.15, -0.1) is 0 Å². The van der Waals surface area contributed by atoms with Crippen molar-refractivity contribution in [2.45, 2.75) is 45.6 Å². The maximum atomic E-state index is 12.2. The van der Waals surface area contributed by atoms with Gasteiger partial charge in [0, 0.05) is 17.7 Å². The monoisotopic (exact) mass is 332 g/mol. The number of nitrogens with one attached hydrogen (secondary N) is 2. The molecule has 130 valence electrons. The molecule has 1 aliphatic carbocycles. The highest BCUT2D eigenvalue weighted by molar-refractivity contribution is 6.00. The van der Waals surface area contributed by atoms with Crippen LogP contribution in [0.2, 0.25) is 0 Å². The van der Waals surface area contributed by atoms with Gasteiger partial charge in [0.2, 0.25) is 0 Å². The van der Waals surface area contributed by atoms with Gasteiger partial charge < -0.3 is 15.7 Å². The van der Waals surface area contributed by atoms with Gasteiger partial charge in [0.15, 0.2) is 0 Å². The molecule has 0 spiro atoms. The topological polar surface area (TPSA) is 95.5 Å². The minimum atomic E-state index is -1.14. The number of carboxylic acid groups (broad SMARTS) is 1. The van der Waals surface area contributed by atoms with Gasteiger partial charge in [-0.05, 0) is 48.9 Å². The molecule has 0 aromatic heterocycles. The van der Waals surface area contributed by atoms with Crippen LogP contribution in [0.3, 0.4) is 0 Å². The molecule has 0 heterocycles. The summed E-state index contributed by atoms with van der Waals surface area (Å²) in [4.78, 5) is 35.6. The lowest BCUT2D eigenvalue weighted by atomic mass is 9.76. The van der Waals surface area contributed by atoms with Crippen molar-refractivity contribution in [2.75, 3.05) is 6.54 Å². The number of hydrogen-bond acceptors (Lipinski definition) is 3. The molecule has 0 atom stereocenters. The predicted octanol–water partition coefficient (Wildman–Crippen LogP) is 2.20. The SMILES string of the molecule is CC(C)(C)CNC(=O)c1ccc(C(=O)NC2(C(=O)O)CCC2)cc1. The zero-order valence-electron chi connectivity index (χ0n) is 14.3. The first-order chi connectivity index (χ1) is 11.1. The fraction of sp³-hybridized carbons (Fsp3) is 0.500. The molecule has 1 fully saturated rings. The first-order valence-corrected chi connectivity index (χ1v) is 8.07. The number of hydrogen-bond donors (Lipinski definition) is 3. The zero-order valence-corrected chi connectivity index (χ0v) is 14.3. The van der Waals surface area contributed by atoms with E-state index in [9.17, 15) is 19.5 Å². The van der Waals surface area contributed by atoms with E-state index in [-0.39, 0.29) is 11.3 Å². The third-order valence-corrected chi connectivity index (χ3v) is 4.16.